The van der Waals surface area contributed by atoms with E-state index in [0.29, 0.717) is 6.54 Å². The van der Waals surface area contributed by atoms with Crippen LogP contribution in [-0.4, -0.2) is 4.57 Å². The average molecular weight is 215 g/mol. The van der Waals surface area contributed by atoms with Crippen LogP contribution in [0.3, 0.4) is 0 Å². The van der Waals surface area contributed by atoms with E-state index >= 15 is 0 Å². The summed E-state index contributed by atoms with van der Waals surface area (Å²) in [7, 11) is 0. The van der Waals surface area contributed by atoms with Gasteiger partial charge in [-0.05, 0) is 24.3 Å². The van der Waals surface area contributed by atoms with Gasteiger partial charge in [-0.2, -0.15) is 0 Å². The lowest BCUT2D eigenvalue weighted by molar-refractivity contribution is 0.603. The molecule has 1 heterocycles. The number of aromatic nitrogens is 1. The van der Waals surface area contributed by atoms with Crippen molar-refractivity contribution in [3.63, 3.8) is 0 Å². The average Bonchev–Trinajstić information content (AvgIpc) is 2.93. The largest absolute Gasteiger partial charge is 0.326 e. The van der Waals surface area contributed by atoms with Crippen molar-refractivity contribution in [1.29, 1.82) is 0 Å². The van der Waals surface area contributed by atoms with Gasteiger partial charge in [0.25, 0.3) is 5.56 Å². The molecule has 0 aromatic carbocycles. The van der Waals surface area contributed by atoms with Crippen molar-refractivity contribution in [3.8, 4) is 0 Å². The van der Waals surface area contributed by atoms with Gasteiger partial charge in [-0.25, -0.2) is 0 Å². The summed E-state index contributed by atoms with van der Waals surface area (Å²) >= 11 is 0. The highest BCUT2D eigenvalue weighted by atomic mass is 35.5. The molecule has 4 heteroatoms. The summed E-state index contributed by atoms with van der Waals surface area (Å²) < 4.78 is 1.78. The van der Waals surface area contributed by atoms with Crippen LogP contribution in [0.15, 0.2) is 23.1 Å². The summed E-state index contributed by atoms with van der Waals surface area (Å²) in [4.78, 5) is 11.4. The first-order valence-corrected chi connectivity index (χ1v) is 4.69. The van der Waals surface area contributed by atoms with Crippen molar-refractivity contribution in [2.24, 2.45) is 11.7 Å². The Morgan fingerprint density at radius 2 is 2.14 bits per heavy atom. The van der Waals surface area contributed by atoms with E-state index in [1.165, 1.54) is 12.8 Å². The van der Waals surface area contributed by atoms with E-state index in [1.54, 1.807) is 16.7 Å². The molecule has 2 rings (SSSR count). The second-order valence-electron chi connectivity index (χ2n) is 3.68. The first kappa shape index (κ1) is 11.3. The van der Waals surface area contributed by atoms with E-state index in [4.69, 9.17) is 5.73 Å². The fourth-order valence-electron chi connectivity index (χ4n) is 1.42. The molecule has 0 unspecified atom stereocenters. The van der Waals surface area contributed by atoms with E-state index in [2.05, 4.69) is 0 Å². The Labute approximate surface area is 89.3 Å². The van der Waals surface area contributed by atoms with Crippen LogP contribution in [0.1, 0.15) is 18.4 Å². The molecule has 3 nitrogen and oxygen atoms in total. The molecule has 1 aliphatic carbocycles. The molecule has 1 aromatic rings. The van der Waals surface area contributed by atoms with Crippen LogP contribution in [0.2, 0.25) is 0 Å². The van der Waals surface area contributed by atoms with E-state index in [-0.39, 0.29) is 18.0 Å². The molecule has 1 fully saturated rings. The third kappa shape index (κ3) is 2.59. The van der Waals surface area contributed by atoms with Crippen molar-refractivity contribution >= 4 is 12.4 Å². The van der Waals surface area contributed by atoms with Crippen LogP contribution in [0.25, 0.3) is 0 Å². The third-order valence-electron chi connectivity index (χ3n) is 2.43. The zero-order valence-electron chi connectivity index (χ0n) is 7.98. The molecule has 1 aromatic heterocycles. The SMILES string of the molecule is Cl.NCc1ccc(=O)n(CC2CC2)c1. The number of rotatable bonds is 3. The summed E-state index contributed by atoms with van der Waals surface area (Å²) in [6.45, 7) is 1.37. The van der Waals surface area contributed by atoms with Gasteiger partial charge in [-0.15, -0.1) is 12.4 Å². The maximum absolute atomic E-state index is 11.4. The molecule has 0 saturated heterocycles. The summed E-state index contributed by atoms with van der Waals surface area (Å²) in [5.41, 5.74) is 6.61. The molecule has 78 valence electrons. The van der Waals surface area contributed by atoms with E-state index < -0.39 is 0 Å². The van der Waals surface area contributed by atoms with Gasteiger partial charge in [0.1, 0.15) is 0 Å². The number of nitrogens with two attached hydrogens (primary N) is 1. The lowest BCUT2D eigenvalue weighted by Gasteiger charge is -2.05. The quantitative estimate of drug-likeness (QED) is 0.821. The Kier molecular flexibility index (Phi) is 3.72. The number of pyridine rings is 1. The predicted octanol–water partition coefficient (Wildman–Crippen LogP) is 1.14. The standard InChI is InChI=1S/C10H14N2O.ClH/c11-5-9-3-4-10(13)12(7-9)6-8-1-2-8;/h3-4,7-8H,1-2,5-6,11H2;1H. The Morgan fingerprint density at radius 1 is 1.43 bits per heavy atom. The molecule has 14 heavy (non-hydrogen) atoms. The zero-order valence-corrected chi connectivity index (χ0v) is 8.80. The molecule has 1 saturated carbocycles. The number of nitrogens with zero attached hydrogens (tertiary/aromatic N) is 1. The van der Waals surface area contributed by atoms with E-state index in [1.807, 2.05) is 6.20 Å². The van der Waals surface area contributed by atoms with Gasteiger partial charge in [0.05, 0.1) is 0 Å². The van der Waals surface area contributed by atoms with Gasteiger partial charge in [0, 0.05) is 25.4 Å². The van der Waals surface area contributed by atoms with Crippen LogP contribution >= 0.6 is 12.4 Å². The fraction of sp³-hybridized carbons (Fsp3) is 0.500. The molecule has 0 amide bonds. The molecule has 2 N–H and O–H groups in total. The predicted molar refractivity (Wildman–Crippen MR) is 58.6 cm³/mol. The van der Waals surface area contributed by atoms with Crippen LogP contribution in [0.5, 0.6) is 0 Å². The lowest BCUT2D eigenvalue weighted by Crippen LogP contribution is -2.20. The Hall–Kier alpha value is -0.800. The van der Waals surface area contributed by atoms with Crippen LogP contribution in [0, 0.1) is 5.92 Å². The van der Waals surface area contributed by atoms with Crippen molar-refractivity contribution in [1.82, 2.24) is 4.57 Å². The summed E-state index contributed by atoms with van der Waals surface area (Å²) in [5.74, 6) is 0.728. The van der Waals surface area contributed by atoms with Crippen LogP contribution in [-0.2, 0) is 13.1 Å². The van der Waals surface area contributed by atoms with Crippen LogP contribution < -0.4 is 11.3 Å². The maximum Gasteiger partial charge on any atom is 0.250 e. The van der Waals surface area contributed by atoms with Gasteiger partial charge in [-0.3, -0.25) is 4.79 Å². The third-order valence-corrected chi connectivity index (χ3v) is 2.43. The number of hydrogen-bond donors (Lipinski definition) is 1. The second-order valence-corrected chi connectivity index (χ2v) is 3.68. The van der Waals surface area contributed by atoms with E-state index in [0.717, 1.165) is 18.0 Å². The summed E-state index contributed by atoms with van der Waals surface area (Å²) in [6, 6.07) is 3.40. The first-order chi connectivity index (χ1) is 6.29. The molecule has 0 aliphatic heterocycles. The molecule has 0 atom stereocenters. The van der Waals surface area contributed by atoms with Gasteiger partial charge < -0.3 is 10.3 Å². The summed E-state index contributed by atoms with van der Waals surface area (Å²) in [5, 5.41) is 0. The second kappa shape index (κ2) is 4.62. The smallest absolute Gasteiger partial charge is 0.250 e. The molecule has 0 radical (unpaired) electrons. The van der Waals surface area contributed by atoms with Crippen molar-refractivity contribution in [3.05, 3.63) is 34.2 Å². The lowest BCUT2D eigenvalue weighted by atomic mass is 10.3. The highest BCUT2D eigenvalue weighted by molar-refractivity contribution is 5.85. The minimum Gasteiger partial charge on any atom is -0.326 e. The Morgan fingerprint density at radius 3 is 2.71 bits per heavy atom. The minimum atomic E-state index is 0. The molecule has 0 spiro atoms. The number of halogens is 1. The molecular formula is C10H15ClN2O. The summed E-state index contributed by atoms with van der Waals surface area (Å²) in [6.07, 6.45) is 4.40. The number of hydrogen-bond acceptors (Lipinski definition) is 2. The minimum absolute atomic E-state index is 0. The normalized spacial score (nSPS) is 14.9. The van der Waals surface area contributed by atoms with Gasteiger partial charge >= 0.3 is 0 Å². The Balaban J connectivity index is 0.000000980. The van der Waals surface area contributed by atoms with Gasteiger partial charge in [0.2, 0.25) is 0 Å². The topological polar surface area (TPSA) is 48.0 Å². The van der Waals surface area contributed by atoms with Gasteiger partial charge in [-0.1, -0.05) is 6.07 Å². The molecule has 1 aliphatic rings. The zero-order chi connectivity index (χ0) is 9.26. The highest BCUT2D eigenvalue weighted by Gasteiger charge is 2.21. The first-order valence-electron chi connectivity index (χ1n) is 4.69. The molecular weight excluding hydrogens is 200 g/mol. The van der Waals surface area contributed by atoms with E-state index in [9.17, 15) is 4.79 Å². The Bertz CT molecular complexity index is 357. The highest BCUT2D eigenvalue weighted by Crippen LogP contribution is 2.29. The van der Waals surface area contributed by atoms with Gasteiger partial charge in [0.15, 0.2) is 0 Å². The van der Waals surface area contributed by atoms with Crippen molar-refractivity contribution in [2.45, 2.75) is 25.9 Å². The van der Waals surface area contributed by atoms with Crippen molar-refractivity contribution in [2.75, 3.05) is 0 Å². The van der Waals surface area contributed by atoms with Crippen LogP contribution in [0.4, 0.5) is 0 Å². The molecule has 0 bridgehead atoms. The monoisotopic (exact) mass is 214 g/mol. The fourth-order valence-corrected chi connectivity index (χ4v) is 1.42. The van der Waals surface area contributed by atoms with Crippen molar-refractivity contribution < 1.29 is 0 Å². The maximum atomic E-state index is 11.4.